The van der Waals surface area contributed by atoms with Gasteiger partial charge in [-0.05, 0) is 6.92 Å². The van der Waals surface area contributed by atoms with E-state index in [0.29, 0.717) is 6.04 Å². The molecule has 0 aromatic carbocycles. The van der Waals surface area contributed by atoms with Crippen LogP contribution in [0, 0.1) is 0 Å². The smallest absolute Gasteiger partial charge is 0.219 e. The van der Waals surface area contributed by atoms with Crippen molar-refractivity contribution in [3.8, 4) is 0 Å². The summed E-state index contributed by atoms with van der Waals surface area (Å²) < 4.78 is 5.78. The SMILES string of the molecule is CC(=O)N1CCN(C(C)C2CNCCO2)CC1. The molecule has 0 spiro atoms. The molecule has 0 radical (unpaired) electrons. The van der Waals surface area contributed by atoms with Gasteiger partial charge in [0.25, 0.3) is 0 Å². The van der Waals surface area contributed by atoms with Crippen LogP contribution in [0.1, 0.15) is 13.8 Å². The summed E-state index contributed by atoms with van der Waals surface area (Å²) in [7, 11) is 0. The highest BCUT2D eigenvalue weighted by Crippen LogP contribution is 2.12. The number of amides is 1. The third-order valence-electron chi connectivity index (χ3n) is 3.83. The molecule has 0 bridgehead atoms. The van der Waals surface area contributed by atoms with Gasteiger partial charge in [-0.2, -0.15) is 0 Å². The van der Waals surface area contributed by atoms with Crippen LogP contribution >= 0.6 is 0 Å². The van der Waals surface area contributed by atoms with Gasteiger partial charge in [-0.1, -0.05) is 0 Å². The first-order valence-electron chi connectivity index (χ1n) is 6.50. The summed E-state index contributed by atoms with van der Waals surface area (Å²) in [6.07, 6.45) is 0.285. The molecule has 0 aromatic rings. The lowest BCUT2D eigenvalue weighted by molar-refractivity contribution is -0.131. The van der Waals surface area contributed by atoms with Crippen LogP contribution in [0.3, 0.4) is 0 Å². The van der Waals surface area contributed by atoms with E-state index in [1.54, 1.807) is 6.92 Å². The van der Waals surface area contributed by atoms with E-state index in [1.807, 2.05) is 4.90 Å². The van der Waals surface area contributed by atoms with Crippen molar-refractivity contribution in [1.82, 2.24) is 15.1 Å². The van der Waals surface area contributed by atoms with Gasteiger partial charge in [0.15, 0.2) is 0 Å². The summed E-state index contributed by atoms with van der Waals surface area (Å²) >= 11 is 0. The summed E-state index contributed by atoms with van der Waals surface area (Å²) in [6.45, 7) is 10.2. The molecule has 0 saturated carbocycles. The molecule has 1 amide bonds. The first-order valence-corrected chi connectivity index (χ1v) is 6.50. The van der Waals surface area contributed by atoms with Gasteiger partial charge in [0, 0.05) is 52.2 Å². The minimum atomic E-state index is 0.188. The van der Waals surface area contributed by atoms with Crippen LogP contribution in [0.25, 0.3) is 0 Å². The summed E-state index contributed by atoms with van der Waals surface area (Å²) in [5.74, 6) is 0.188. The summed E-state index contributed by atoms with van der Waals surface area (Å²) in [5.41, 5.74) is 0. The second-order valence-corrected chi connectivity index (χ2v) is 4.90. The quantitative estimate of drug-likeness (QED) is 0.710. The minimum absolute atomic E-state index is 0.188. The minimum Gasteiger partial charge on any atom is -0.374 e. The maximum atomic E-state index is 11.2. The van der Waals surface area contributed by atoms with Crippen molar-refractivity contribution in [3.05, 3.63) is 0 Å². The van der Waals surface area contributed by atoms with Crippen molar-refractivity contribution in [2.45, 2.75) is 26.0 Å². The maximum Gasteiger partial charge on any atom is 0.219 e. The van der Waals surface area contributed by atoms with Gasteiger partial charge in [-0.15, -0.1) is 0 Å². The van der Waals surface area contributed by atoms with Crippen LogP contribution in [-0.4, -0.2) is 73.7 Å². The molecule has 2 atom stereocenters. The Morgan fingerprint density at radius 1 is 1.35 bits per heavy atom. The third kappa shape index (κ3) is 3.18. The van der Waals surface area contributed by atoms with Crippen molar-refractivity contribution in [1.29, 1.82) is 0 Å². The lowest BCUT2D eigenvalue weighted by Gasteiger charge is -2.41. The van der Waals surface area contributed by atoms with Gasteiger partial charge in [-0.3, -0.25) is 9.69 Å². The van der Waals surface area contributed by atoms with Gasteiger partial charge in [-0.25, -0.2) is 0 Å². The fourth-order valence-corrected chi connectivity index (χ4v) is 2.57. The van der Waals surface area contributed by atoms with Crippen molar-refractivity contribution < 1.29 is 9.53 Å². The van der Waals surface area contributed by atoms with Crippen LogP contribution in [0.5, 0.6) is 0 Å². The Bertz CT molecular complexity index is 258. The Morgan fingerprint density at radius 2 is 2.06 bits per heavy atom. The van der Waals surface area contributed by atoms with Crippen LogP contribution in [0.4, 0.5) is 0 Å². The number of carbonyl (C=O) groups is 1. The van der Waals surface area contributed by atoms with Gasteiger partial charge in [0.2, 0.25) is 5.91 Å². The number of morpholine rings is 1. The van der Waals surface area contributed by atoms with Crippen LogP contribution in [0.2, 0.25) is 0 Å². The zero-order chi connectivity index (χ0) is 12.3. The lowest BCUT2D eigenvalue weighted by atomic mass is 10.1. The predicted molar refractivity (Wildman–Crippen MR) is 65.9 cm³/mol. The standard InChI is InChI=1S/C12H23N3O2/c1-10(12-9-13-3-8-17-12)14-4-6-15(7-5-14)11(2)16/h10,12-13H,3-9H2,1-2H3. The van der Waals surface area contributed by atoms with Gasteiger partial charge in [0.05, 0.1) is 12.7 Å². The molecule has 0 aliphatic carbocycles. The molecule has 2 unspecified atom stereocenters. The normalized spacial score (nSPS) is 29.1. The zero-order valence-corrected chi connectivity index (χ0v) is 10.8. The molecule has 1 N–H and O–H groups in total. The Kier molecular flexibility index (Phi) is 4.36. The highest BCUT2D eigenvalue weighted by atomic mass is 16.5. The average molecular weight is 241 g/mol. The number of hydrogen-bond donors (Lipinski definition) is 1. The summed E-state index contributed by atoms with van der Waals surface area (Å²) in [6, 6.07) is 0.428. The van der Waals surface area contributed by atoms with Crippen LogP contribution in [0.15, 0.2) is 0 Å². The van der Waals surface area contributed by atoms with Crippen molar-refractivity contribution >= 4 is 5.91 Å². The molecule has 5 nitrogen and oxygen atoms in total. The summed E-state index contributed by atoms with van der Waals surface area (Å²) in [4.78, 5) is 15.6. The lowest BCUT2D eigenvalue weighted by Crippen LogP contribution is -2.56. The molecule has 2 aliphatic rings. The van der Waals surface area contributed by atoms with E-state index < -0.39 is 0 Å². The molecule has 0 aromatic heterocycles. The first-order chi connectivity index (χ1) is 8.18. The Balaban J connectivity index is 1.81. The molecule has 2 aliphatic heterocycles. The number of nitrogens with one attached hydrogen (secondary N) is 1. The predicted octanol–water partition coefficient (Wildman–Crippen LogP) is -0.473. The highest BCUT2D eigenvalue weighted by Gasteiger charge is 2.28. The van der Waals surface area contributed by atoms with E-state index in [4.69, 9.17) is 4.74 Å². The van der Waals surface area contributed by atoms with Crippen LogP contribution in [-0.2, 0) is 9.53 Å². The topological polar surface area (TPSA) is 44.8 Å². The van der Waals surface area contributed by atoms with Crippen molar-refractivity contribution in [3.63, 3.8) is 0 Å². The van der Waals surface area contributed by atoms with E-state index in [0.717, 1.165) is 45.9 Å². The monoisotopic (exact) mass is 241 g/mol. The van der Waals surface area contributed by atoms with Gasteiger partial charge >= 0.3 is 0 Å². The molecule has 98 valence electrons. The summed E-state index contributed by atoms with van der Waals surface area (Å²) in [5, 5.41) is 3.37. The van der Waals surface area contributed by atoms with Gasteiger partial charge in [0.1, 0.15) is 0 Å². The Labute approximate surface area is 103 Å². The Morgan fingerprint density at radius 3 is 2.59 bits per heavy atom. The van der Waals surface area contributed by atoms with Gasteiger partial charge < -0.3 is 15.0 Å². The molecule has 17 heavy (non-hydrogen) atoms. The number of nitrogens with zero attached hydrogens (tertiary/aromatic N) is 2. The number of ether oxygens (including phenoxy) is 1. The average Bonchev–Trinajstić information content (AvgIpc) is 2.39. The zero-order valence-electron chi connectivity index (χ0n) is 10.8. The first kappa shape index (κ1) is 12.8. The Hall–Kier alpha value is -0.650. The molecular formula is C12H23N3O2. The maximum absolute atomic E-state index is 11.2. The molecule has 2 heterocycles. The number of hydrogen-bond acceptors (Lipinski definition) is 4. The molecule has 5 heteroatoms. The number of rotatable bonds is 2. The number of piperazine rings is 1. The van der Waals surface area contributed by atoms with Crippen molar-refractivity contribution in [2.24, 2.45) is 0 Å². The highest BCUT2D eigenvalue weighted by molar-refractivity contribution is 5.73. The second-order valence-electron chi connectivity index (χ2n) is 4.90. The molecule has 2 saturated heterocycles. The van der Waals surface area contributed by atoms with E-state index in [1.165, 1.54) is 0 Å². The van der Waals surface area contributed by atoms with E-state index in [9.17, 15) is 4.79 Å². The fourth-order valence-electron chi connectivity index (χ4n) is 2.57. The largest absolute Gasteiger partial charge is 0.374 e. The van der Waals surface area contributed by atoms with Crippen molar-refractivity contribution in [2.75, 3.05) is 45.9 Å². The van der Waals surface area contributed by atoms with E-state index in [-0.39, 0.29) is 12.0 Å². The molecular weight excluding hydrogens is 218 g/mol. The molecule has 2 fully saturated rings. The van der Waals surface area contributed by atoms with Crippen LogP contribution < -0.4 is 5.32 Å². The van der Waals surface area contributed by atoms with E-state index in [2.05, 4.69) is 17.1 Å². The molecule has 2 rings (SSSR count). The van der Waals surface area contributed by atoms with E-state index >= 15 is 0 Å². The fraction of sp³-hybridized carbons (Fsp3) is 0.917. The third-order valence-corrected chi connectivity index (χ3v) is 3.83. The second kappa shape index (κ2) is 5.80. The number of carbonyl (C=O) groups excluding carboxylic acids is 1.